The number of sulfone groups is 1. The first-order valence-electron chi connectivity index (χ1n) is 12.8. The van der Waals surface area contributed by atoms with Crippen molar-refractivity contribution in [3.05, 3.63) is 69.9 Å². The molecule has 4 aromatic rings. The number of thiophene rings is 2. The van der Waals surface area contributed by atoms with Gasteiger partial charge in [0, 0.05) is 54.4 Å². The van der Waals surface area contributed by atoms with E-state index in [1.807, 2.05) is 30.3 Å². The van der Waals surface area contributed by atoms with Crippen molar-refractivity contribution < 1.29 is 22.8 Å². The number of fused-ring (bicyclic) bond motifs is 3. The van der Waals surface area contributed by atoms with Gasteiger partial charge in [-0.15, -0.1) is 22.7 Å². The quantitative estimate of drug-likeness (QED) is 0.177. The maximum Gasteiger partial charge on any atom is 0.251 e. The molecule has 214 valence electrons. The second-order valence-corrected chi connectivity index (χ2v) is 14.5. The third-order valence-electron chi connectivity index (χ3n) is 7.25. The SMILES string of the molecule is C[C@@H](NC(=O)[C@@H]1CC(S(C)(=O)=O)CN1C(=O)CNC(=O)c1ccc2sc3ccccc3c2c1)c1cc(C(=N)N)cs1. The van der Waals surface area contributed by atoms with Crippen molar-refractivity contribution in [1.82, 2.24) is 15.5 Å². The lowest BCUT2D eigenvalue weighted by Crippen LogP contribution is -2.49. The van der Waals surface area contributed by atoms with Crippen LogP contribution in [0.25, 0.3) is 20.2 Å². The number of likely N-dealkylation sites (tertiary alicyclic amines) is 1. The summed E-state index contributed by atoms with van der Waals surface area (Å²) in [5.41, 5.74) is 6.48. The highest BCUT2D eigenvalue weighted by atomic mass is 32.2. The number of nitrogens with one attached hydrogen (secondary N) is 3. The van der Waals surface area contributed by atoms with Crippen LogP contribution in [0.3, 0.4) is 0 Å². The topological polar surface area (TPSA) is 163 Å². The summed E-state index contributed by atoms with van der Waals surface area (Å²) in [6.07, 6.45) is 1.05. The van der Waals surface area contributed by atoms with Gasteiger partial charge in [-0.05, 0) is 43.7 Å². The lowest BCUT2D eigenvalue weighted by atomic mass is 10.1. The van der Waals surface area contributed by atoms with Crippen LogP contribution in [-0.4, -0.2) is 67.5 Å². The molecule has 2 aromatic carbocycles. The lowest BCUT2D eigenvalue weighted by Gasteiger charge is -2.25. The Kier molecular flexibility index (Phi) is 7.86. The first-order chi connectivity index (χ1) is 19.4. The monoisotopic (exact) mass is 611 g/mol. The van der Waals surface area contributed by atoms with Gasteiger partial charge in [0.1, 0.15) is 11.9 Å². The van der Waals surface area contributed by atoms with Crippen molar-refractivity contribution >= 4 is 76.2 Å². The normalized spacial score (nSPS) is 18.0. The van der Waals surface area contributed by atoms with Crippen molar-refractivity contribution in [1.29, 1.82) is 5.41 Å². The maximum absolute atomic E-state index is 13.3. The first kappa shape index (κ1) is 28.7. The first-order valence-corrected chi connectivity index (χ1v) is 16.5. The molecule has 1 aliphatic heterocycles. The number of nitrogens with zero attached hydrogens (tertiary/aromatic N) is 1. The summed E-state index contributed by atoms with van der Waals surface area (Å²) in [7, 11) is -3.53. The fourth-order valence-electron chi connectivity index (χ4n) is 4.96. The molecule has 0 spiro atoms. The highest BCUT2D eigenvalue weighted by Gasteiger charge is 2.43. The average Bonchev–Trinajstić information content (AvgIpc) is 3.68. The molecular weight excluding hydrogens is 583 g/mol. The van der Waals surface area contributed by atoms with E-state index in [-0.39, 0.29) is 25.3 Å². The summed E-state index contributed by atoms with van der Waals surface area (Å²) in [6.45, 7) is 1.24. The van der Waals surface area contributed by atoms with Gasteiger partial charge in [-0.1, -0.05) is 18.2 Å². The summed E-state index contributed by atoms with van der Waals surface area (Å²) in [5, 5.41) is 15.9. The standard InChI is InChI=1S/C28H29N5O5S3/c1-15(24-10-17(14-39-24)26(29)30)32-28(36)21-11-18(41(2,37)38)13-33(21)25(34)12-31-27(35)16-7-8-23-20(9-16)19-5-3-4-6-22(19)40-23/h3-10,14-15,18,21H,11-13H2,1-2H3,(H3,29,30)(H,31,35)(H,32,36)/t15-,18?,21+/m1/s1. The molecule has 1 unspecified atom stereocenters. The molecule has 3 amide bonds. The third-order valence-corrected chi connectivity index (χ3v) is 11.1. The Morgan fingerprint density at radius 2 is 1.83 bits per heavy atom. The second-order valence-electron chi connectivity index (χ2n) is 10.1. The third kappa shape index (κ3) is 5.97. The number of carbonyl (C=O) groups is 3. The van der Waals surface area contributed by atoms with Gasteiger partial charge >= 0.3 is 0 Å². The zero-order chi connectivity index (χ0) is 29.5. The molecule has 5 rings (SSSR count). The second kappa shape index (κ2) is 11.2. The van der Waals surface area contributed by atoms with Crippen LogP contribution in [0.5, 0.6) is 0 Å². The van der Waals surface area contributed by atoms with Crippen molar-refractivity contribution in [2.45, 2.75) is 30.7 Å². The van der Waals surface area contributed by atoms with E-state index in [0.29, 0.717) is 11.1 Å². The number of amides is 3. The zero-order valence-electron chi connectivity index (χ0n) is 22.3. The average molecular weight is 612 g/mol. The number of carbonyl (C=O) groups excluding carboxylic acids is 3. The minimum Gasteiger partial charge on any atom is -0.384 e. The molecule has 3 atom stereocenters. The van der Waals surface area contributed by atoms with Crippen molar-refractivity contribution in [2.24, 2.45) is 5.73 Å². The largest absolute Gasteiger partial charge is 0.384 e. The van der Waals surface area contributed by atoms with Crippen LogP contribution in [0.1, 0.15) is 40.2 Å². The Balaban J connectivity index is 1.28. The number of hydrogen-bond acceptors (Lipinski definition) is 8. The summed E-state index contributed by atoms with van der Waals surface area (Å²) >= 11 is 2.97. The van der Waals surface area contributed by atoms with Gasteiger partial charge in [0.05, 0.1) is 17.8 Å². The number of nitrogens with two attached hydrogens (primary N) is 1. The van der Waals surface area contributed by atoms with Gasteiger partial charge in [-0.25, -0.2) is 8.42 Å². The van der Waals surface area contributed by atoms with Gasteiger partial charge in [0.15, 0.2) is 9.84 Å². The van der Waals surface area contributed by atoms with Crippen molar-refractivity contribution in [3.63, 3.8) is 0 Å². The van der Waals surface area contributed by atoms with E-state index in [1.165, 1.54) is 16.2 Å². The molecule has 10 nitrogen and oxygen atoms in total. The number of rotatable bonds is 8. The Morgan fingerprint density at radius 1 is 1.10 bits per heavy atom. The molecule has 0 radical (unpaired) electrons. The molecule has 5 N–H and O–H groups in total. The smallest absolute Gasteiger partial charge is 0.251 e. The minimum atomic E-state index is -3.53. The summed E-state index contributed by atoms with van der Waals surface area (Å²) in [6, 6.07) is 13.5. The molecule has 0 saturated carbocycles. The van der Waals surface area contributed by atoms with Gasteiger partial charge in [0.25, 0.3) is 5.91 Å². The van der Waals surface area contributed by atoms with Crippen LogP contribution in [0.15, 0.2) is 53.9 Å². The summed E-state index contributed by atoms with van der Waals surface area (Å²) < 4.78 is 26.8. The van der Waals surface area contributed by atoms with E-state index >= 15 is 0 Å². The zero-order valence-corrected chi connectivity index (χ0v) is 24.8. The highest BCUT2D eigenvalue weighted by Crippen LogP contribution is 2.34. The van der Waals surface area contributed by atoms with E-state index in [1.54, 1.807) is 41.8 Å². The van der Waals surface area contributed by atoms with E-state index < -0.39 is 44.9 Å². The molecular formula is C28H29N5O5S3. The van der Waals surface area contributed by atoms with E-state index in [0.717, 1.165) is 31.3 Å². The fraction of sp³-hybridized carbons (Fsp3) is 0.286. The Labute approximate surface area is 245 Å². The molecule has 2 aromatic heterocycles. The van der Waals surface area contributed by atoms with Gasteiger partial charge < -0.3 is 21.3 Å². The van der Waals surface area contributed by atoms with Crippen molar-refractivity contribution in [3.8, 4) is 0 Å². The summed E-state index contributed by atoms with van der Waals surface area (Å²) in [4.78, 5) is 41.5. The molecule has 0 aliphatic carbocycles. The van der Waals surface area contributed by atoms with E-state index in [9.17, 15) is 22.8 Å². The van der Waals surface area contributed by atoms with E-state index in [4.69, 9.17) is 11.1 Å². The Hall–Kier alpha value is -3.81. The number of nitrogen functional groups attached to an aromatic ring is 1. The Bertz CT molecular complexity index is 1790. The predicted octanol–water partition coefficient (Wildman–Crippen LogP) is 3.02. The van der Waals surface area contributed by atoms with E-state index in [2.05, 4.69) is 10.6 Å². The molecule has 1 aliphatic rings. The van der Waals surface area contributed by atoms with Gasteiger partial charge in [-0.3, -0.25) is 19.8 Å². The molecule has 0 bridgehead atoms. The summed E-state index contributed by atoms with van der Waals surface area (Å²) in [5.74, 6) is -1.56. The fourth-order valence-corrected chi connectivity index (χ4v) is 7.93. The van der Waals surface area contributed by atoms with Crippen LogP contribution in [0, 0.1) is 5.41 Å². The molecule has 3 heterocycles. The van der Waals surface area contributed by atoms with Crippen molar-refractivity contribution in [2.75, 3.05) is 19.3 Å². The van der Waals surface area contributed by atoms with Crippen LogP contribution in [-0.2, 0) is 19.4 Å². The minimum absolute atomic E-state index is 0.0396. The number of hydrogen-bond donors (Lipinski definition) is 4. The molecule has 1 saturated heterocycles. The Morgan fingerprint density at radius 3 is 2.54 bits per heavy atom. The number of benzene rings is 2. The van der Waals surface area contributed by atoms with Crippen LogP contribution in [0.2, 0.25) is 0 Å². The number of amidine groups is 1. The predicted molar refractivity (Wildman–Crippen MR) is 162 cm³/mol. The van der Waals surface area contributed by atoms with Gasteiger partial charge in [-0.2, -0.15) is 0 Å². The molecule has 41 heavy (non-hydrogen) atoms. The van der Waals surface area contributed by atoms with Crippen LogP contribution in [0.4, 0.5) is 0 Å². The lowest BCUT2D eigenvalue weighted by molar-refractivity contribution is -0.137. The highest BCUT2D eigenvalue weighted by molar-refractivity contribution is 7.91. The maximum atomic E-state index is 13.3. The van der Waals surface area contributed by atoms with Crippen LogP contribution < -0.4 is 16.4 Å². The van der Waals surface area contributed by atoms with Crippen LogP contribution >= 0.6 is 22.7 Å². The molecule has 13 heteroatoms. The molecule has 1 fully saturated rings. The van der Waals surface area contributed by atoms with Gasteiger partial charge in [0.2, 0.25) is 11.8 Å².